The van der Waals surface area contributed by atoms with Gasteiger partial charge in [0.1, 0.15) is 5.78 Å². The Balaban J connectivity index is 1.61. The summed E-state index contributed by atoms with van der Waals surface area (Å²) < 4.78 is 0. The molecule has 0 N–H and O–H groups in total. The number of ketones is 1. The molecular weight excluding hydrogens is 232 g/mol. The Morgan fingerprint density at radius 3 is 2.63 bits per heavy atom. The van der Waals surface area contributed by atoms with Crippen molar-refractivity contribution >= 4 is 5.78 Å². The summed E-state index contributed by atoms with van der Waals surface area (Å²) in [5.74, 6) is 5.33. The molecule has 106 valence electrons. The van der Waals surface area contributed by atoms with E-state index in [4.69, 9.17) is 0 Å². The molecule has 0 unspecified atom stereocenters. The van der Waals surface area contributed by atoms with Crippen molar-refractivity contribution in [3.8, 4) is 0 Å². The van der Waals surface area contributed by atoms with Gasteiger partial charge in [-0.2, -0.15) is 0 Å². The minimum absolute atomic E-state index is 0.0860. The fraction of sp³-hybridized carbons (Fsp3) is 0.944. The van der Waals surface area contributed by atoms with E-state index in [2.05, 4.69) is 6.92 Å². The van der Waals surface area contributed by atoms with Gasteiger partial charge in [0.2, 0.25) is 0 Å². The number of hydrogen-bond donors (Lipinski definition) is 0. The molecule has 0 aromatic heterocycles. The maximum atomic E-state index is 12.3. The normalized spacial score (nSPS) is 53.3. The molecule has 0 bridgehead atoms. The highest BCUT2D eigenvalue weighted by atomic mass is 16.1. The molecule has 0 saturated heterocycles. The molecule has 0 spiro atoms. The third-order valence-electron chi connectivity index (χ3n) is 7.59. The lowest BCUT2D eigenvalue weighted by Crippen LogP contribution is -2.48. The average Bonchev–Trinajstić information content (AvgIpc) is 2.75. The first-order valence-corrected chi connectivity index (χ1v) is 8.73. The highest BCUT2D eigenvalue weighted by Crippen LogP contribution is 2.61. The van der Waals surface area contributed by atoms with E-state index in [1.165, 1.54) is 57.8 Å². The molecule has 0 radical (unpaired) electrons. The molecule has 0 heterocycles. The van der Waals surface area contributed by atoms with Gasteiger partial charge in [-0.05, 0) is 68.1 Å². The summed E-state index contributed by atoms with van der Waals surface area (Å²) in [4.78, 5) is 12.3. The van der Waals surface area contributed by atoms with Crippen LogP contribution in [0.5, 0.6) is 0 Å². The van der Waals surface area contributed by atoms with Gasteiger partial charge in [0.05, 0.1) is 0 Å². The average molecular weight is 260 g/mol. The summed E-state index contributed by atoms with van der Waals surface area (Å²) in [5.41, 5.74) is 0.0860. The monoisotopic (exact) mass is 260 g/mol. The topological polar surface area (TPSA) is 17.1 Å². The van der Waals surface area contributed by atoms with Crippen molar-refractivity contribution < 1.29 is 4.79 Å². The lowest BCUT2D eigenvalue weighted by atomic mass is 9.51. The van der Waals surface area contributed by atoms with Crippen LogP contribution in [0.2, 0.25) is 0 Å². The molecule has 4 fully saturated rings. The fourth-order valence-electron chi connectivity index (χ4n) is 6.60. The van der Waals surface area contributed by atoms with E-state index in [0.717, 1.165) is 36.0 Å². The van der Waals surface area contributed by atoms with Gasteiger partial charge in [0.25, 0.3) is 0 Å². The second-order valence-corrected chi connectivity index (χ2v) is 8.14. The molecule has 4 rings (SSSR count). The van der Waals surface area contributed by atoms with Crippen LogP contribution in [-0.2, 0) is 4.79 Å². The molecule has 4 aliphatic rings. The number of hydrogen-bond acceptors (Lipinski definition) is 1. The molecule has 6 atom stereocenters. The molecule has 1 heteroatoms. The molecule has 0 aromatic rings. The van der Waals surface area contributed by atoms with Crippen LogP contribution in [0.3, 0.4) is 0 Å². The van der Waals surface area contributed by atoms with Crippen LogP contribution in [0.15, 0.2) is 0 Å². The number of carbonyl (C=O) groups is 1. The lowest BCUT2D eigenvalue weighted by Gasteiger charge is -2.54. The van der Waals surface area contributed by atoms with Crippen molar-refractivity contribution in [2.24, 2.45) is 35.0 Å². The van der Waals surface area contributed by atoms with E-state index >= 15 is 0 Å². The highest BCUT2D eigenvalue weighted by molar-refractivity contribution is 5.87. The van der Waals surface area contributed by atoms with E-state index in [9.17, 15) is 4.79 Å². The first-order chi connectivity index (χ1) is 9.20. The van der Waals surface area contributed by atoms with E-state index < -0.39 is 0 Å². The van der Waals surface area contributed by atoms with E-state index in [1.807, 2.05) is 0 Å². The van der Waals surface area contributed by atoms with Crippen LogP contribution in [-0.4, -0.2) is 5.78 Å². The molecule has 1 nitrogen and oxygen atoms in total. The Labute approximate surface area is 117 Å². The summed E-state index contributed by atoms with van der Waals surface area (Å²) >= 11 is 0. The first kappa shape index (κ1) is 12.4. The Bertz CT molecular complexity index is 387. The minimum atomic E-state index is 0.0860. The molecule has 0 aliphatic heterocycles. The molecule has 0 aromatic carbocycles. The Morgan fingerprint density at radius 1 is 0.895 bits per heavy atom. The van der Waals surface area contributed by atoms with Gasteiger partial charge in [-0.3, -0.25) is 4.79 Å². The largest absolute Gasteiger partial charge is 0.299 e. The first-order valence-electron chi connectivity index (χ1n) is 8.73. The zero-order valence-corrected chi connectivity index (χ0v) is 12.4. The van der Waals surface area contributed by atoms with Gasteiger partial charge in [0, 0.05) is 11.8 Å². The van der Waals surface area contributed by atoms with Gasteiger partial charge in [0.15, 0.2) is 0 Å². The van der Waals surface area contributed by atoms with Crippen molar-refractivity contribution in [1.29, 1.82) is 0 Å². The van der Waals surface area contributed by atoms with Crippen molar-refractivity contribution in [3.05, 3.63) is 0 Å². The molecule has 4 saturated carbocycles. The SMILES string of the molecule is C[C@]12CC[C@H]3[C@@H](CC[C@H]4CCCC[C@@H]43)[C@@H]1CCC2=O. The minimum Gasteiger partial charge on any atom is -0.299 e. The third-order valence-corrected chi connectivity index (χ3v) is 7.59. The highest BCUT2D eigenvalue weighted by Gasteiger charge is 2.56. The Kier molecular flexibility index (Phi) is 2.83. The summed E-state index contributed by atoms with van der Waals surface area (Å²) in [6.07, 6.45) is 13.6. The predicted molar refractivity (Wildman–Crippen MR) is 76.7 cm³/mol. The predicted octanol–water partition coefficient (Wildman–Crippen LogP) is 4.60. The molecule has 0 amide bonds. The second-order valence-electron chi connectivity index (χ2n) is 8.14. The third kappa shape index (κ3) is 1.69. The van der Waals surface area contributed by atoms with Crippen LogP contribution in [0.25, 0.3) is 0 Å². The fourth-order valence-corrected chi connectivity index (χ4v) is 6.60. The smallest absolute Gasteiger partial charge is 0.139 e. The second kappa shape index (κ2) is 4.33. The number of rotatable bonds is 0. The van der Waals surface area contributed by atoms with E-state index in [0.29, 0.717) is 5.78 Å². The van der Waals surface area contributed by atoms with E-state index in [-0.39, 0.29) is 5.41 Å². The van der Waals surface area contributed by atoms with Crippen molar-refractivity contribution in [2.75, 3.05) is 0 Å². The summed E-state index contributed by atoms with van der Waals surface area (Å²) in [6.45, 7) is 2.30. The molecular formula is C18H28O. The van der Waals surface area contributed by atoms with Crippen LogP contribution >= 0.6 is 0 Å². The van der Waals surface area contributed by atoms with E-state index in [1.54, 1.807) is 0 Å². The summed E-state index contributed by atoms with van der Waals surface area (Å²) in [6, 6.07) is 0. The van der Waals surface area contributed by atoms with Crippen molar-refractivity contribution in [1.82, 2.24) is 0 Å². The Hall–Kier alpha value is -0.330. The zero-order chi connectivity index (χ0) is 13.0. The van der Waals surface area contributed by atoms with Gasteiger partial charge >= 0.3 is 0 Å². The van der Waals surface area contributed by atoms with Crippen LogP contribution in [0.4, 0.5) is 0 Å². The molecule has 4 aliphatic carbocycles. The molecule has 19 heavy (non-hydrogen) atoms. The van der Waals surface area contributed by atoms with Crippen molar-refractivity contribution in [2.45, 2.75) is 71.1 Å². The van der Waals surface area contributed by atoms with Gasteiger partial charge in [-0.25, -0.2) is 0 Å². The van der Waals surface area contributed by atoms with Crippen LogP contribution in [0.1, 0.15) is 71.1 Å². The number of fused-ring (bicyclic) bond motifs is 5. The lowest BCUT2D eigenvalue weighted by molar-refractivity contribution is -0.132. The maximum absolute atomic E-state index is 12.3. The standard InChI is InChI=1S/C18H28O/c1-18-11-10-14-13-5-3-2-4-12(13)6-7-15(14)16(18)8-9-17(18)19/h12-16H,2-11H2,1H3/t12-,13+,14-,15-,16+,18+/m1/s1. The number of Topliss-reactive ketones (excluding diaryl/α,β-unsaturated/α-hetero) is 1. The van der Waals surface area contributed by atoms with Gasteiger partial charge in [-0.1, -0.05) is 26.2 Å². The van der Waals surface area contributed by atoms with Gasteiger partial charge < -0.3 is 0 Å². The quantitative estimate of drug-likeness (QED) is 0.622. The summed E-state index contributed by atoms with van der Waals surface area (Å²) in [5, 5.41) is 0. The zero-order valence-electron chi connectivity index (χ0n) is 12.4. The summed E-state index contributed by atoms with van der Waals surface area (Å²) in [7, 11) is 0. The maximum Gasteiger partial charge on any atom is 0.139 e. The van der Waals surface area contributed by atoms with Crippen molar-refractivity contribution in [3.63, 3.8) is 0 Å². The number of carbonyl (C=O) groups excluding carboxylic acids is 1. The Morgan fingerprint density at radius 2 is 1.74 bits per heavy atom. The van der Waals surface area contributed by atoms with Crippen LogP contribution in [0, 0.1) is 35.0 Å². The van der Waals surface area contributed by atoms with Gasteiger partial charge in [-0.15, -0.1) is 0 Å². The van der Waals surface area contributed by atoms with Crippen LogP contribution < -0.4 is 0 Å².